The fourth-order valence-corrected chi connectivity index (χ4v) is 3.49. The Morgan fingerprint density at radius 1 is 1.13 bits per heavy atom. The average Bonchev–Trinajstić information content (AvgIpc) is 2.97. The van der Waals surface area contributed by atoms with E-state index in [9.17, 15) is 19.2 Å². The highest BCUT2D eigenvalue weighted by Gasteiger charge is 2.45. The zero-order valence-electron chi connectivity index (χ0n) is 16.9. The van der Waals surface area contributed by atoms with Gasteiger partial charge in [-0.1, -0.05) is 38.7 Å². The van der Waals surface area contributed by atoms with Crippen LogP contribution in [0.2, 0.25) is 0 Å². The van der Waals surface area contributed by atoms with Crippen molar-refractivity contribution in [3.8, 4) is 5.75 Å². The predicted molar refractivity (Wildman–Crippen MR) is 106 cm³/mol. The maximum absolute atomic E-state index is 12.9. The van der Waals surface area contributed by atoms with Crippen LogP contribution in [0.1, 0.15) is 72.6 Å². The lowest BCUT2D eigenvalue weighted by molar-refractivity contribution is -0.136. The summed E-state index contributed by atoms with van der Waals surface area (Å²) >= 11 is 0. The van der Waals surface area contributed by atoms with Gasteiger partial charge in [0.15, 0.2) is 0 Å². The molecule has 2 N–H and O–H groups in total. The normalized spacial score (nSPS) is 17.8. The summed E-state index contributed by atoms with van der Waals surface area (Å²) in [4.78, 5) is 58.4. The molecule has 1 unspecified atom stereocenters. The van der Waals surface area contributed by atoms with Crippen molar-refractivity contribution in [3.05, 3.63) is 29.3 Å². The Hall–Kier alpha value is -3.23. The number of unbranched alkanes of at least 4 members (excludes halogenated alkanes) is 4. The first-order valence-electron chi connectivity index (χ1n) is 10.0. The third kappa shape index (κ3) is 5.22. The Morgan fingerprint density at radius 2 is 1.83 bits per heavy atom. The first-order chi connectivity index (χ1) is 14.5. The lowest BCUT2D eigenvalue weighted by Crippen LogP contribution is -2.54. The maximum atomic E-state index is 12.9. The van der Waals surface area contributed by atoms with Crippen LogP contribution in [0.15, 0.2) is 18.2 Å². The van der Waals surface area contributed by atoms with Crippen molar-refractivity contribution in [2.45, 2.75) is 57.9 Å². The van der Waals surface area contributed by atoms with Gasteiger partial charge in [-0.25, -0.2) is 0 Å². The number of fused-ring (bicyclic) bond motifs is 1. The molecule has 1 atom stereocenters. The molecule has 30 heavy (non-hydrogen) atoms. The first kappa shape index (κ1) is 23.1. The molecule has 0 aliphatic carbocycles. The summed E-state index contributed by atoms with van der Waals surface area (Å²) in [6, 6.07) is 3.95. The molecule has 2 aliphatic rings. The van der Waals surface area contributed by atoms with Crippen LogP contribution < -0.4 is 10.1 Å². The molecule has 3 rings (SSSR count). The van der Waals surface area contributed by atoms with Gasteiger partial charge >= 0.3 is 0 Å². The summed E-state index contributed by atoms with van der Waals surface area (Å²) in [5, 5.41) is 9.08. The second-order valence-corrected chi connectivity index (χ2v) is 6.99. The van der Waals surface area contributed by atoms with Crippen LogP contribution in [0, 0.1) is 0 Å². The van der Waals surface area contributed by atoms with E-state index in [0.717, 1.165) is 24.2 Å². The largest absolute Gasteiger partial charge is 0.493 e. The Balaban J connectivity index is 0.00000101. The van der Waals surface area contributed by atoms with Crippen molar-refractivity contribution >= 4 is 30.1 Å². The zero-order chi connectivity index (χ0) is 22.1. The van der Waals surface area contributed by atoms with Crippen molar-refractivity contribution in [2.24, 2.45) is 0 Å². The summed E-state index contributed by atoms with van der Waals surface area (Å²) in [5.74, 6) is -1.68. The zero-order valence-corrected chi connectivity index (χ0v) is 16.9. The van der Waals surface area contributed by atoms with E-state index in [0.29, 0.717) is 12.4 Å². The second kappa shape index (κ2) is 11.1. The third-order valence-corrected chi connectivity index (χ3v) is 4.94. The monoisotopic (exact) mass is 418 g/mol. The van der Waals surface area contributed by atoms with Crippen LogP contribution in [-0.4, -0.2) is 52.8 Å². The average molecular weight is 418 g/mol. The number of carboxylic acid groups (broad SMARTS) is 1. The number of piperidine rings is 1. The van der Waals surface area contributed by atoms with Gasteiger partial charge in [-0.3, -0.25) is 34.2 Å². The van der Waals surface area contributed by atoms with E-state index in [1.165, 1.54) is 12.8 Å². The van der Waals surface area contributed by atoms with Gasteiger partial charge in [-0.15, -0.1) is 0 Å². The molecule has 0 bridgehead atoms. The van der Waals surface area contributed by atoms with E-state index < -0.39 is 23.8 Å². The topological polar surface area (TPSA) is 130 Å². The standard InChI is InChI=1S/C20H24N2O5.CH2O2/c1-2-3-4-5-6-12-27-15-9-7-8-13-17(15)20(26)22(19(13)25)14-10-11-16(23)21-18(14)24;2-1-3/h7-9,14H,2-6,10-12H2,1H3,(H,21,23,24);1H,(H,2,3). The highest BCUT2D eigenvalue weighted by molar-refractivity contribution is 6.24. The summed E-state index contributed by atoms with van der Waals surface area (Å²) in [6.07, 6.45) is 5.68. The van der Waals surface area contributed by atoms with Crippen LogP contribution in [0.25, 0.3) is 0 Å². The molecular formula is C21H26N2O7. The number of benzene rings is 1. The molecule has 0 saturated carbocycles. The molecule has 1 saturated heterocycles. The number of nitrogens with one attached hydrogen (secondary N) is 1. The van der Waals surface area contributed by atoms with Crippen molar-refractivity contribution in [1.29, 1.82) is 0 Å². The first-order valence-corrected chi connectivity index (χ1v) is 10.0. The number of hydrogen-bond acceptors (Lipinski definition) is 6. The van der Waals surface area contributed by atoms with E-state index in [1.54, 1.807) is 18.2 Å². The van der Waals surface area contributed by atoms with E-state index in [1.807, 2.05) is 0 Å². The smallest absolute Gasteiger partial charge is 0.290 e. The summed E-state index contributed by atoms with van der Waals surface area (Å²) in [6.45, 7) is 2.38. The van der Waals surface area contributed by atoms with Crippen LogP contribution in [0.4, 0.5) is 0 Å². The minimum Gasteiger partial charge on any atom is -0.493 e. The molecule has 1 fully saturated rings. The maximum Gasteiger partial charge on any atom is 0.290 e. The van der Waals surface area contributed by atoms with Gasteiger partial charge < -0.3 is 9.84 Å². The lowest BCUT2D eigenvalue weighted by atomic mass is 10.0. The van der Waals surface area contributed by atoms with E-state index in [2.05, 4.69) is 12.2 Å². The molecule has 2 heterocycles. The predicted octanol–water partition coefficient (Wildman–Crippen LogP) is 2.14. The highest BCUT2D eigenvalue weighted by Crippen LogP contribution is 2.33. The highest BCUT2D eigenvalue weighted by atomic mass is 16.5. The number of rotatable bonds is 8. The minimum absolute atomic E-state index is 0.102. The molecule has 0 radical (unpaired) electrons. The Labute approximate surface area is 174 Å². The second-order valence-electron chi connectivity index (χ2n) is 6.99. The number of imide groups is 2. The van der Waals surface area contributed by atoms with Crippen LogP contribution in [-0.2, 0) is 14.4 Å². The summed E-state index contributed by atoms with van der Waals surface area (Å²) in [5.41, 5.74) is 0.453. The molecule has 0 spiro atoms. The van der Waals surface area contributed by atoms with E-state index in [4.69, 9.17) is 14.6 Å². The molecule has 9 nitrogen and oxygen atoms in total. The third-order valence-electron chi connectivity index (χ3n) is 4.94. The molecule has 0 aromatic heterocycles. The Bertz CT molecular complexity index is 822. The number of hydrogen-bond donors (Lipinski definition) is 2. The number of amides is 4. The van der Waals surface area contributed by atoms with Gasteiger partial charge in [0, 0.05) is 6.42 Å². The fraction of sp³-hybridized carbons (Fsp3) is 0.476. The van der Waals surface area contributed by atoms with Crippen LogP contribution >= 0.6 is 0 Å². The molecule has 4 amide bonds. The van der Waals surface area contributed by atoms with Crippen molar-refractivity contribution in [1.82, 2.24) is 10.2 Å². The minimum atomic E-state index is -0.961. The molecule has 2 aliphatic heterocycles. The van der Waals surface area contributed by atoms with Crippen molar-refractivity contribution < 1.29 is 33.8 Å². The summed E-state index contributed by atoms with van der Waals surface area (Å²) in [7, 11) is 0. The number of carbonyl (C=O) groups is 5. The fourth-order valence-electron chi connectivity index (χ4n) is 3.49. The number of carbonyl (C=O) groups excluding carboxylic acids is 4. The quantitative estimate of drug-likeness (QED) is 0.376. The van der Waals surface area contributed by atoms with Crippen LogP contribution in [0.5, 0.6) is 5.75 Å². The summed E-state index contributed by atoms with van der Waals surface area (Å²) < 4.78 is 5.77. The molecule has 1 aromatic rings. The number of ether oxygens (including phenoxy) is 1. The van der Waals surface area contributed by atoms with Gasteiger partial charge in [-0.05, 0) is 25.0 Å². The van der Waals surface area contributed by atoms with Gasteiger partial charge in [0.1, 0.15) is 11.8 Å². The SMILES string of the molecule is CCCCCCCOc1cccc2c1C(=O)N(C1CCC(=O)NC1=O)C2=O.O=CO. The van der Waals surface area contributed by atoms with Gasteiger partial charge in [0.2, 0.25) is 11.8 Å². The van der Waals surface area contributed by atoms with Crippen molar-refractivity contribution in [2.75, 3.05) is 6.61 Å². The molecule has 9 heteroatoms. The van der Waals surface area contributed by atoms with Crippen molar-refractivity contribution in [3.63, 3.8) is 0 Å². The van der Waals surface area contributed by atoms with Gasteiger partial charge in [-0.2, -0.15) is 0 Å². The molecule has 162 valence electrons. The molecular weight excluding hydrogens is 392 g/mol. The van der Waals surface area contributed by atoms with Gasteiger partial charge in [0.25, 0.3) is 18.3 Å². The Kier molecular flexibility index (Phi) is 8.52. The van der Waals surface area contributed by atoms with E-state index in [-0.39, 0.29) is 36.3 Å². The van der Waals surface area contributed by atoms with Crippen LogP contribution in [0.3, 0.4) is 0 Å². The van der Waals surface area contributed by atoms with Gasteiger partial charge in [0.05, 0.1) is 17.7 Å². The lowest BCUT2D eigenvalue weighted by Gasteiger charge is -2.27. The Morgan fingerprint density at radius 3 is 2.50 bits per heavy atom. The molecule has 1 aromatic carbocycles. The number of nitrogens with zero attached hydrogens (tertiary/aromatic N) is 1. The van der Waals surface area contributed by atoms with E-state index >= 15 is 0 Å².